The van der Waals surface area contributed by atoms with Crippen LogP contribution in [0.25, 0.3) is 0 Å². The molecule has 0 radical (unpaired) electrons. The van der Waals surface area contributed by atoms with Crippen LogP contribution in [0.5, 0.6) is 0 Å². The zero-order valence-electron chi connectivity index (χ0n) is 29.6. The van der Waals surface area contributed by atoms with Gasteiger partial charge in [-0.1, -0.05) is 48.5 Å². The Morgan fingerprint density at radius 3 is 2.35 bits per heavy atom. The predicted molar refractivity (Wildman–Crippen MR) is 185 cm³/mol. The number of alkyl carbamates (subject to hydrolysis) is 1. The number of amides is 4. The molecule has 2 heterocycles. The molecule has 2 atom stereocenters. The Morgan fingerprint density at radius 2 is 1.67 bits per heavy atom. The molecule has 264 valence electrons. The normalized spacial score (nSPS) is 18.3. The van der Waals surface area contributed by atoms with Crippen LogP contribution in [0.4, 0.5) is 4.79 Å². The highest BCUT2D eigenvalue weighted by molar-refractivity contribution is 6.13. The number of nitrogens with zero attached hydrogens (tertiary/aromatic N) is 3. The molecule has 0 aliphatic carbocycles. The third-order valence-corrected chi connectivity index (χ3v) is 8.70. The van der Waals surface area contributed by atoms with Crippen LogP contribution >= 0.6 is 0 Å². The molecule has 0 spiro atoms. The molecule has 2 aliphatic heterocycles. The number of aryl methyl sites for hydroxylation is 1. The molecule has 1 saturated heterocycles. The molecule has 2 N–H and O–H groups in total. The van der Waals surface area contributed by atoms with Crippen molar-refractivity contribution in [3.05, 3.63) is 71.3 Å². The lowest BCUT2D eigenvalue weighted by molar-refractivity contribution is -0.142. The molecule has 49 heavy (non-hydrogen) atoms. The first-order valence-corrected chi connectivity index (χ1v) is 16.8. The number of piperidine rings is 1. The van der Waals surface area contributed by atoms with Gasteiger partial charge in [-0.05, 0) is 84.4 Å². The molecular weight excluding hydrogens is 626 g/mol. The molecular formula is C37H49N5O7. The number of hydrazone groups is 1. The van der Waals surface area contributed by atoms with Gasteiger partial charge >= 0.3 is 12.1 Å². The van der Waals surface area contributed by atoms with Crippen molar-refractivity contribution in [1.82, 2.24) is 20.5 Å². The quantitative estimate of drug-likeness (QED) is 0.320. The van der Waals surface area contributed by atoms with Gasteiger partial charge < -0.3 is 25.0 Å². The molecule has 4 amide bonds. The van der Waals surface area contributed by atoms with E-state index in [9.17, 15) is 24.0 Å². The maximum atomic E-state index is 14.4. The fraction of sp³-hybridized carbons (Fsp3) is 0.514. The summed E-state index contributed by atoms with van der Waals surface area (Å²) in [6.07, 6.45) is 1.17. The van der Waals surface area contributed by atoms with Gasteiger partial charge in [0, 0.05) is 26.6 Å². The van der Waals surface area contributed by atoms with E-state index in [1.54, 1.807) is 51.8 Å². The zero-order valence-corrected chi connectivity index (χ0v) is 29.6. The maximum absolute atomic E-state index is 14.4. The lowest BCUT2D eigenvalue weighted by Crippen LogP contribution is -2.62. The summed E-state index contributed by atoms with van der Waals surface area (Å²) in [4.78, 5) is 68.6. The van der Waals surface area contributed by atoms with Gasteiger partial charge in [-0.25, -0.2) is 14.6 Å². The van der Waals surface area contributed by atoms with Crippen molar-refractivity contribution in [2.45, 2.75) is 90.8 Å². The molecule has 0 saturated carbocycles. The van der Waals surface area contributed by atoms with Crippen molar-refractivity contribution >= 4 is 35.5 Å². The second kappa shape index (κ2) is 15.2. The van der Waals surface area contributed by atoms with Crippen molar-refractivity contribution in [2.24, 2.45) is 10.5 Å². The summed E-state index contributed by atoms with van der Waals surface area (Å²) in [6, 6.07) is 15.8. The van der Waals surface area contributed by atoms with Crippen molar-refractivity contribution < 1.29 is 33.4 Å². The Hall–Kier alpha value is -4.74. The van der Waals surface area contributed by atoms with Crippen molar-refractivity contribution in [3.63, 3.8) is 0 Å². The predicted octanol–water partition coefficient (Wildman–Crippen LogP) is 4.26. The van der Waals surface area contributed by atoms with E-state index in [-0.39, 0.29) is 31.4 Å². The van der Waals surface area contributed by atoms with Crippen molar-refractivity contribution in [1.29, 1.82) is 0 Å². The summed E-state index contributed by atoms with van der Waals surface area (Å²) < 4.78 is 10.6. The van der Waals surface area contributed by atoms with Gasteiger partial charge in [-0.3, -0.25) is 14.4 Å². The van der Waals surface area contributed by atoms with Crippen LogP contribution in [0.15, 0.2) is 59.7 Å². The van der Waals surface area contributed by atoms with Crippen molar-refractivity contribution in [2.75, 3.05) is 26.7 Å². The molecule has 2 aromatic rings. The molecule has 0 aromatic heterocycles. The summed E-state index contributed by atoms with van der Waals surface area (Å²) >= 11 is 0. The standard InChI is InChI=1S/C37H49N5O7/c1-8-48-31(44)27-19-13-12-17-26(27)18-14-20-28(38-32(45)36(5,6)39-34(47)49-35(2,3)4)30(43)42-22-21-29-37(24-42,33(46)41(7)40-29)23-25-15-10-9-11-16-25/h9-13,15-17,19,28H,8,14,18,20-24H2,1-7H3,(H,38,45)(H,39,47)/t28?,37-/m1/s1. The van der Waals surface area contributed by atoms with Gasteiger partial charge in [0.05, 0.1) is 17.9 Å². The van der Waals surface area contributed by atoms with Gasteiger partial charge in [0.2, 0.25) is 11.8 Å². The SMILES string of the molecule is CCOC(=O)c1ccccc1CCCC(NC(=O)C(C)(C)NC(=O)OC(C)(C)C)C(=O)N1CCC2=NN(C)C(=O)[C@]2(Cc2ccccc2)C1. The number of rotatable bonds is 12. The van der Waals surface area contributed by atoms with Crippen LogP contribution in [0.3, 0.4) is 0 Å². The number of esters is 1. The van der Waals surface area contributed by atoms with E-state index in [1.165, 1.54) is 18.9 Å². The minimum Gasteiger partial charge on any atom is -0.462 e. The highest BCUT2D eigenvalue weighted by Gasteiger charge is 2.54. The maximum Gasteiger partial charge on any atom is 0.408 e. The number of benzene rings is 2. The van der Waals surface area contributed by atoms with Crippen LogP contribution in [0, 0.1) is 5.41 Å². The number of carbonyl (C=O) groups excluding carboxylic acids is 5. The zero-order chi connectivity index (χ0) is 36.0. The topological polar surface area (TPSA) is 147 Å². The van der Waals surface area contributed by atoms with Gasteiger partial charge in [0.25, 0.3) is 5.91 Å². The number of carbonyl (C=O) groups is 5. The van der Waals surface area contributed by atoms with Crippen LogP contribution in [-0.4, -0.2) is 89.3 Å². The summed E-state index contributed by atoms with van der Waals surface area (Å²) in [5.74, 6) is -1.51. The minimum absolute atomic E-state index is 0.111. The van der Waals surface area contributed by atoms with Gasteiger partial charge in [0.1, 0.15) is 22.6 Å². The molecule has 1 fully saturated rings. The van der Waals surface area contributed by atoms with E-state index in [1.807, 2.05) is 42.5 Å². The average Bonchev–Trinajstić information content (AvgIpc) is 3.27. The van der Waals surface area contributed by atoms with Crippen LogP contribution in [0.1, 0.15) is 82.3 Å². The van der Waals surface area contributed by atoms with E-state index < -0.39 is 40.6 Å². The minimum atomic E-state index is -1.42. The van der Waals surface area contributed by atoms with Gasteiger partial charge in [-0.15, -0.1) is 0 Å². The molecule has 0 bridgehead atoms. The monoisotopic (exact) mass is 675 g/mol. The van der Waals surface area contributed by atoms with Gasteiger partial charge in [0.15, 0.2) is 0 Å². The number of likely N-dealkylation sites (tertiary alicyclic amines) is 1. The van der Waals surface area contributed by atoms with Crippen LogP contribution in [-0.2, 0) is 36.7 Å². The fourth-order valence-corrected chi connectivity index (χ4v) is 6.29. The van der Waals surface area contributed by atoms with E-state index in [0.717, 1.165) is 16.8 Å². The summed E-state index contributed by atoms with van der Waals surface area (Å²) in [5.41, 5.74) is -0.293. The number of fused-ring (bicyclic) bond motifs is 1. The van der Waals surface area contributed by atoms with E-state index >= 15 is 0 Å². The van der Waals surface area contributed by atoms with E-state index in [2.05, 4.69) is 15.7 Å². The number of ether oxygens (including phenoxy) is 2. The Labute approximate surface area is 288 Å². The van der Waals surface area contributed by atoms with Crippen LogP contribution in [0.2, 0.25) is 0 Å². The lowest BCUT2D eigenvalue weighted by atomic mass is 9.73. The van der Waals surface area contributed by atoms with E-state index in [0.29, 0.717) is 37.8 Å². The Morgan fingerprint density at radius 1 is 1.00 bits per heavy atom. The molecule has 2 aromatic carbocycles. The average molecular weight is 676 g/mol. The second-order valence-corrected chi connectivity index (χ2v) is 14.2. The Kier molecular flexibility index (Phi) is 11.5. The molecule has 12 nitrogen and oxygen atoms in total. The largest absolute Gasteiger partial charge is 0.462 e. The first kappa shape index (κ1) is 37.1. The Balaban J connectivity index is 1.58. The third kappa shape index (κ3) is 9.04. The molecule has 2 aliphatic rings. The van der Waals surface area contributed by atoms with E-state index in [4.69, 9.17) is 9.47 Å². The highest BCUT2D eigenvalue weighted by atomic mass is 16.6. The van der Waals surface area contributed by atoms with Crippen LogP contribution < -0.4 is 10.6 Å². The number of hydrogen-bond acceptors (Lipinski definition) is 8. The fourth-order valence-electron chi connectivity index (χ4n) is 6.29. The Bertz CT molecular complexity index is 1580. The number of nitrogens with one attached hydrogen (secondary N) is 2. The molecule has 4 rings (SSSR count). The summed E-state index contributed by atoms with van der Waals surface area (Å²) in [6.45, 7) is 10.7. The van der Waals surface area contributed by atoms with Gasteiger partial charge in [-0.2, -0.15) is 5.10 Å². The second-order valence-electron chi connectivity index (χ2n) is 14.2. The first-order valence-electron chi connectivity index (χ1n) is 16.8. The smallest absolute Gasteiger partial charge is 0.408 e. The number of hydrogen-bond donors (Lipinski definition) is 2. The lowest BCUT2D eigenvalue weighted by Gasteiger charge is -2.41. The highest BCUT2D eigenvalue weighted by Crippen LogP contribution is 2.38. The first-order chi connectivity index (χ1) is 23.1. The van der Waals surface area contributed by atoms with Crippen molar-refractivity contribution in [3.8, 4) is 0 Å². The third-order valence-electron chi connectivity index (χ3n) is 8.70. The summed E-state index contributed by atoms with van der Waals surface area (Å²) in [7, 11) is 1.63. The molecule has 1 unspecified atom stereocenters. The summed E-state index contributed by atoms with van der Waals surface area (Å²) in [5, 5.41) is 11.4. The molecule has 12 heteroatoms.